The molecule has 0 fully saturated rings. The molecule has 0 atom stereocenters. The highest BCUT2D eigenvalue weighted by Gasteiger charge is 2.12. The minimum absolute atomic E-state index is 0.113. The highest BCUT2D eigenvalue weighted by atomic mass is 16.5. The molecule has 17 heavy (non-hydrogen) atoms. The molecule has 0 unspecified atom stereocenters. The van der Waals surface area contributed by atoms with Crippen LogP contribution in [0.15, 0.2) is 48.2 Å². The summed E-state index contributed by atoms with van der Waals surface area (Å²) in [6.07, 6.45) is 2.55. The van der Waals surface area contributed by atoms with E-state index in [4.69, 9.17) is 4.74 Å². The van der Waals surface area contributed by atoms with Crippen molar-refractivity contribution in [2.24, 2.45) is 0 Å². The quantitative estimate of drug-likeness (QED) is 0.551. The van der Waals surface area contributed by atoms with Crippen LogP contribution < -0.4 is 0 Å². The third-order valence-corrected chi connectivity index (χ3v) is 2.38. The van der Waals surface area contributed by atoms with Crippen molar-refractivity contribution in [2.75, 3.05) is 6.61 Å². The Balaban J connectivity index is 2.88. The fraction of sp³-hybridized carbons (Fsp3) is 0.267. The van der Waals surface area contributed by atoms with Crippen molar-refractivity contribution in [3.8, 4) is 0 Å². The fourth-order valence-corrected chi connectivity index (χ4v) is 1.50. The summed E-state index contributed by atoms with van der Waals surface area (Å²) >= 11 is 0. The second-order valence-corrected chi connectivity index (χ2v) is 3.62. The predicted octanol–water partition coefficient (Wildman–Crippen LogP) is 3.60. The number of ketones is 1. The van der Waals surface area contributed by atoms with Gasteiger partial charge in [-0.3, -0.25) is 4.79 Å². The van der Waals surface area contributed by atoms with E-state index in [9.17, 15) is 4.79 Å². The largest absolute Gasteiger partial charge is 0.490 e. The number of rotatable bonds is 6. The van der Waals surface area contributed by atoms with Crippen molar-refractivity contribution >= 4 is 11.9 Å². The summed E-state index contributed by atoms with van der Waals surface area (Å²) < 4.78 is 5.14. The van der Waals surface area contributed by atoms with Crippen LogP contribution >= 0.6 is 0 Å². The zero-order chi connectivity index (χ0) is 12.7. The van der Waals surface area contributed by atoms with Crippen LogP contribution in [0, 0.1) is 0 Å². The standard InChI is InChI=1S/C15H18O2/c1-4-14(15(16)12(3)17-5-2)11-13-9-7-6-8-10-13/h6-11H,3-5H2,1-2H3/b14-11+. The van der Waals surface area contributed by atoms with E-state index in [1.165, 1.54) is 0 Å². The van der Waals surface area contributed by atoms with Crippen molar-refractivity contribution in [3.63, 3.8) is 0 Å². The molecule has 1 aromatic rings. The number of carbonyl (C=O) groups is 1. The Morgan fingerprint density at radius 2 is 1.94 bits per heavy atom. The zero-order valence-electron chi connectivity index (χ0n) is 10.4. The van der Waals surface area contributed by atoms with Crippen molar-refractivity contribution in [1.29, 1.82) is 0 Å². The van der Waals surface area contributed by atoms with Crippen LogP contribution in [-0.4, -0.2) is 12.4 Å². The number of ether oxygens (including phenoxy) is 1. The first-order chi connectivity index (χ1) is 8.19. The van der Waals surface area contributed by atoms with Crippen LogP contribution in [0.5, 0.6) is 0 Å². The second-order valence-electron chi connectivity index (χ2n) is 3.62. The van der Waals surface area contributed by atoms with Crippen LogP contribution in [-0.2, 0) is 9.53 Å². The second kappa shape index (κ2) is 6.69. The molecule has 90 valence electrons. The van der Waals surface area contributed by atoms with Crippen LogP contribution in [0.25, 0.3) is 6.08 Å². The van der Waals surface area contributed by atoms with Gasteiger partial charge >= 0.3 is 0 Å². The maximum absolute atomic E-state index is 12.0. The van der Waals surface area contributed by atoms with Crippen LogP contribution in [0.2, 0.25) is 0 Å². The maximum atomic E-state index is 12.0. The molecular formula is C15H18O2. The van der Waals surface area contributed by atoms with Gasteiger partial charge < -0.3 is 4.74 Å². The summed E-state index contributed by atoms with van der Waals surface area (Å²) in [5.74, 6) is 0.106. The van der Waals surface area contributed by atoms with Crippen LogP contribution in [0.4, 0.5) is 0 Å². The van der Waals surface area contributed by atoms with Gasteiger partial charge in [0, 0.05) is 5.57 Å². The van der Waals surface area contributed by atoms with Gasteiger partial charge in [-0.25, -0.2) is 0 Å². The number of hydrogen-bond donors (Lipinski definition) is 0. The van der Waals surface area contributed by atoms with Gasteiger partial charge in [0.25, 0.3) is 0 Å². The monoisotopic (exact) mass is 230 g/mol. The molecule has 0 saturated heterocycles. The lowest BCUT2D eigenvalue weighted by atomic mass is 10.0. The molecule has 0 amide bonds. The number of allylic oxidation sites excluding steroid dienone is 1. The molecule has 0 aliphatic heterocycles. The summed E-state index contributed by atoms with van der Waals surface area (Å²) in [4.78, 5) is 12.0. The molecule has 0 aliphatic rings. The zero-order valence-corrected chi connectivity index (χ0v) is 10.4. The number of hydrogen-bond acceptors (Lipinski definition) is 2. The molecule has 0 aliphatic carbocycles. The van der Waals surface area contributed by atoms with E-state index < -0.39 is 0 Å². The van der Waals surface area contributed by atoms with Crippen molar-refractivity contribution in [2.45, 2.75) is 20.3 Å². The number of benzene rings is 1. The summed E-state index contributed by atoms with van der Waals surface area (Å²) in [5, 5.41) is 0. The molecule has 0 bridgehead atoms. The van der Waals surface area contributed by atoms with E-state index >= 15 is 0 Å². The van der Waals surface area contributed by atoms with Crippen LogP contribution in [0.1, 0.15) is 25.8 Å². The van der Waals surface area contributed by atoms with E-state index in [-0.39, 0.29) is 11.5 Å². The van der Waals surface area contributed by atoms with Crippen molar-refractivity contribution in [1.82, 2.24) is 0 Å². The molecule has 0 saturated carbocycles. The molecular weight excluding hydrogens is 212 g/mol. The molecule has 1 rings (SSSR count). The third kappa shape index (κ3) is 3.91. The smallest absolute Gasteiger partial charge is 0.222 e. The molecule has 2 heteroatoms. The van der Waals surface area contributed by atoms with Gasteiger partial charge in [-0.15, -0.1) is 0 Å². The van der Waals surface area contributed by atoms with Gasteiger partial charge in [0.15, 0.2) is 5.76 Å². The van der Waals surface area contributed by atoms with Gasteiger partial charge in [0.2, 0.25) is 5.78 Å². The number of carbonyl (C=O) groups excluding carboxylic acids is 1. The Kier molecular flexibility index (Phi) is 5.21. The summed E-state index contributed by atoms with van der Waals surface area (Å²) in [6, 6.07) is 9.77. The maximum Gasteiger partial charge on any atom is 0.222 e. The average Bonchev–Trinajstić information content (AvgIpc) is 2.36. The molecule has 0 aromatic heterocycles. The first-order valence-electron chi connectivity index (χ1n) is 5.81. The lowest BCUT2D eigenvalue weighted by Crippen LogP contribution is -2.07. The third-order valence-electron chi connectivity index (χ3n) is 2.38. The Morgan fingerprint density at radius 3 is 2.47 bits per heavy atom. The topological polar surface area (TPSA) is 26.3 Å². The Labute approximate surface area is 103 Å². The SMILES string of the molecule is C=C(OCC)C(=O)/C(=C/c1ccccc1)CC. The molecule has 0 N–H and O–H groups in total. The molecule has 2 nitrogen and oxygen atoms in total. The van der Waals surface area contributed by atoms with Gasteiger partial charge in [-0.1, -0.05) is 43.8 Å². The van der Waals surface area contributed by atoms with Gasteiger partial charge in [0.1, 0.15) is 0 Å². The minimum atomic E-state index is -0.113. The van der Waals surface area contributed by atoms with E-state index in [0.29, 0.717) is 13.0 Å². The van der Waals surface area contributed by atoms with Gasteiger partial charge in [0.05, 0.1) is 6.61 Å². The fourth-order valence-electron chi connectivity index (χ4n) is 1.50. The van der Waals surface area contributed by atoms with Gasteiger partial charge in [-0.2, -0.15) is 0 Å². The van der Waals surface area contributed by atoms with E-state index in [1.807, 2.05) is 50.3 Å². The lowest BCUT2D eigenvalue weighted by Gasteiger charge is -2.07. The number of Topliss-reactive ketones (excluding diaryl/α,β-unsaturated/α-hetero) is 1. The first kappa shape index (κ1) is 13.2. The summed E-state index contributed by atoms with van der Waals surface area (Å²) in [7, 11) is 0. The Bertz CT molecular complexity index is 416. The molecule has 0 radical (unpaired) electrons. The highest BCUT2D eigenvalue weighted by Crippen LogP contribution is 2.14. The predicted molar refractivity (Wildman–Crippen MR) is 70.5 cm³/mol. The lowest BCUT2D eigenvalue weighted by molar-refractivity contribution is -0.115. The van der Waals surface area contributed by atoms with Crippen LogP contribution in [0.3, 0.4) is 0 Å². The Morgan fingerprint density at radius 1 is 1.29 bits per heavy atom. The van der Waals surface area contributed by atoms with E-state index in [2.05, 4.69) is 6.58 Å². The van der Waals surface area contributed by atoms with E-state index in [1.54, 1.807) is 0 Å². The van der Waals surface area contributed by atoms with E-state index in [0.717, 1.165) is 11.1 Å². The van der Waals surface area contributed by atoms with Gasteiger partial charge in [-0.05, 0) is 25.0 Å². The molecule has 0 spiro atoms. The summed E-state index contributed by atoms with van der Waals surface area (Å²) in [5.41, 5.74) is 1.73. The van der Waals surface area contributed by atoms with Crippen molar-refractivity contribution in [3.05, 3.63) is 53.8 Å². The Hall–Kier alpha value is -1.83. The summed E-state index contributed by atoms with van der Waals surface area (Å²) in [6.45, 7) is 7.90. The highest BCUT2D eigenvalue weighted by molar-refractivity contribution is 6.09. The molecule has 0 heterocycles. The van der Waals surface area contributed by atoms with Crippen molar-refractivity contribution < 1.29 is 9.53 Å². The molecule has 1 aromatic carbocycles. The first-order valence-corrected chi connectivity index (χ1v) is 5.81. The average molecular weight is 230 g/mol. The minimum Gasteiger partial charge on any atom is -0.490 e. The normalized spacial score (nSPS) is 11.1.